The number of rotatable bonds is 7. The second-order valence-electron chi connectivity index (χ2n) is 5.08. The first-order valence-corrected chi connectivity index (χ1v) is 11.1. The molecule has 2 N–H and O–H groups in total. The third-order valence-electron chi connectivity index (χ3n) is 2.99. The lowest BCUT2D eigenvalue weighted by Crippen LogP contribution is -2.21. The lowest BCUT2D eigenvalue weighted by atomic mass is 10.1. The molecule has 0 aliphatic rings. The van der Waals surface area contributed by atoms with Gasteiger partial charge in [-0.05, 0) is 63.5 Å². The average molecular weight is 392 g/mol. The van der Waals surface area contributed by atoms with Crippen molar-refractivity contribution < 1.29 is 5.11 Å². The summed E-state index contributed by atoms with van der Waals surface area (Å²) in [6, 6.07) is 4.24. The molecule has 106 valence electrons. The van der Waals surface area contributed by atoms with Gasteiger partial charge in [-0.25, -0.2) is 0 Å². The Hall–Kier alpha value is 0.165. The monoisotopic (exact) mass is 392 g/mol. The fraction of sp³-hybridized carbons (Fsp3) is 0.538. The van der Waals surface area contributed by atoms with Gasteiger partial charge >= 0.3 is 0 Å². The zero-order valence-electron chi connectivity index (χ0n) is 12.2. The van der Waals surface area contributed by atoms with E-state index in [0.717, 1.165) is 37.2 Å². The van der Waals surface area contributed by atoms with E-state index in [2.05, 4.69) is 66.1 Å². The molecule has 0 heterocycles. The van der Waals surface area contributed by atoms with Crippen molar-refractivity contribution in [1.82, 2.24) is 10.2 Å². The van der Waals surface area contributed by atoms with Crippen LogP contribution in [-0.4, -0.2) is 44.8 Å². The molecule has 0 saturated heterocycles. The molecule has 0 radical (unpaired) electrons. The SMILES string of the molecule is BP(I)c1cc(C)c(O)c(CNCCCN(C)C)c1. The van der Waals surface area contributed by atoms with Crippen LogP contribution in [0, 0.1) is 6.92 Å². The van der Waals surface area contributed by atoms with Gasteiger partial charge in [-0.15, -0.1) is 0 Å². The summed E-state index contributed by atoms with van der Waals surface area (Å²) in [6.07, 6.45) is 1.12. The van der Waals surface area contributed by atoms with Crippen molar-refractivity contribution in [1.29, 1.82) is 0 Å². The van der Waals surface area contributed by atoms with Crippen LogP contribution in [0.3, 0.4) is 0 Å². The van der Waals surface area contributed by atoms with E-state index in [9.17, 15) is 5.11 Å². The van der Waals surface area contributed by atoms with Crippen LogP contribution >= 0.6 is 27.5 Å². The van der Waals surface area contributed by atoms with Crippen LogP contribution in [0.4, 0.5) is 0 Å². The molecule has 0 spiro atoms. The van der Waals surface area contributed by atoms with E-state index in [1.807, 2.05) is 6.92 Å². The van der Waals surface area contributed by atoms with Crippen LogP contribution < -0.4 is 10.6 Å². The van der Waals surface area contributed by atoms with Gasteiger partial charge in [0.15, 0.2) is 7.57 Å². The zero-order chi connectivity index (χ0) is 14.4. The Morgan fingerprint density at radius 1 is 1.42 bits per heavy atom. The standard InChI is InChI=1S/C13H23BIN2OP/c1-10-7-12(19(14)15)8-11(13(10)18)9-16-5-4-6-17(2)3/h7-8,16,18H,4-6,9,14H2,1-3H3. The number of phenolic OH excluding ortho intramolecular Hbond substituents is 1. The van der Waals surface area contributed by atoms with Crippen LogP contribution in [0.2, 0.25) is 0 Å². The highest BCUT2D eigenvalue weighted by molar-refractivity contribution is 14.2. The molecule has 1 rings (SSSR count). The molecule has 1 unspecified atom stereocenters. The minimum Gasteiger partial charge on any atom is -0.507 e. The topological polar surface area (TPSA) is 35.5 Å². The molecule has 0 aliphatic carbocycles. The highest BCUT2D eigenvalue weighted by Gasteiger charge is 2.09. The summed E-state index contributed by atoms with van der Waals surface area (Å²) in [5, 5.41) is 14.9. The summed E-state index contributed by atoms with van der Waals surface area (Å²) in [6.45, 7) is 4.79. The van der Waals surface area contributed by atoms with Crippen molar-refractivity contribution in [2.45, 2.75) is 19.9 Å². The Labute approximate surface area is 131 Å². The summed E-state index contributed by atoms with van der Waals surface area (Å²) in [4.78, 5) is 2.18. The molecule has 3 nitrogen and oxygen atoms in total. The van der Waals surface area contributed by atoms with Gasteiger partial charge in [0.1, 0.15) is 5.75 Å². The Bertz CT molecular complexity index is 416. The number of nitrogens with zero attached hydrogens (tertiary/aromatic N) is 1. The second-order valence-corrected chi connectivity index (χ2v) is 10.9. The molecule has 0 fully saturated rings. The van der Waals surface area contributed by atoms with Crippen LogP contribution in [0.1, 0.15) is 17.5 Å². The number of nitrogens with one attached hydrogen (secondary N) is 1. The lowest BCUT2D eigenvalue weighted by Gasteiger charge is -2.14. The molecular weight excluding hydrogens is 369 g/mol. The second kappa shape index (κ2) is 8.45. The maximum Gasteiger partial charge on any atom is 0.152 e. The summed E-state index contributed by atoms with van der Waals surface area (Å²) >= 11 is 2.47. The normalized spacial score (nSPS) is 12.9. The fourth-order valence-corrected chi connectivity index (χ4v) is 3.43. The van der Waals surface area contributed by atoms with Crippen molar-refractivity contribution in [2.24, 2.45) is 0 Å². The number of hydrogen-bond acceptors (Lipinski definition) is 3. The molecule has 0 aliphatic heterocycles. The first kappa shape index (κ1) is 17.2. The van der Waals surface area contributed by atoms with Crippen molar-refractivity contribution in [2.75, 3.05) is 27.2 Å². The van der Waals surface area contributed by atoms with E-state index in [0.29, 0.717) is 5.75 Å². The fourth-order valence-electron chi connectivity index (χ4n) is 1.89. The molecule has 19 heavy (non-hydrogen) atoms. The van der Waals surface area contributed by atoms with Crippen LogP contribution in [0.25, 0.3) is 0 Å². The van der Waals surface area contributed by atoms with Gasteiger partial charge in [-0.2, -0.15) is 0 Å². The molecule has 1 atom stereocenters. The number of hydrogen-bond donors (Lipinski definition) is 2. The number of aromatic hydroxyl groups is 1. The molecule has 0 saturated carbocycles. The van der Waals surface area contributed by atoms with E-state index >= 15 is 0 Å². The van der Waals surface area contributed by atoms with E-state index in [1.54, 1.807) is 0 Å². The van der Waals surface area contributed by atoms with Crippen molar-refractivity contribution in [3.63, 3.8) is 0 Å². The highest BCUT2D eigenvalue weighted by Crippen LogP contribution is 2.39. The largest absolute Gasteiger partial charge is 0.507 e. The molecule has 0 aromatic heterocycles. The van der Waals surface area contributed by atoms with Gasteiger partial charge in [-0.3, -0.25) is 0 Å². The molecule has 1 aromatic carbocycles. The zero-order valence-corrected chi connectivity index (χ0v) is 15.3. The van der Waals surface area contributed by atoms with Gasteiger partial charge in [0.2, 0.25) is 0 Å². The Kier molecular flexibility index (Phi) is 7.66. The predicted molar refractivity (Wildman–Crippen MR) is 96.8 cm³/mol. The molecule has 0 bridgehead atoms. The Balaban J connectivity index is 2.57. The number of halogens is 1. The van der Waals surface area contributed by atoms with E-state index < -0.39 is 0 Å². The van der Waals surface area contributed by atoms with E-state index in [4.69, 9.17) is 0 Å². The van der Waals surface area contributed by atoms with Crippen LogP contribution in [0.5, 0.6) is 5.75 Å². The maximum absolute atomic E-state index is 10.1. The van der Waals surface area contributed by atoms with Gasteiger partial charge < -0.3 is 15.3 Å². The molecular formula is C13H23BIN2OP. The summed E-state index contributed by atoms with van der Waals surface area (Å²) in [7, 11) is 6.40. The highest BCUT2D eigenvalue weighted by atomic mass is 127. The third-order valence-corrected chi connectivity index (χ3v) is 5.64. The van der Waals surface area contributed by atoms with Crippen molar-refractivity contribution in [3.05, 3.63) is 23.3 Å². The maximum atomic E-state index is 10.1. The number of aryl methyl sites for hydroxylation is 1. The summed E-state index contributed by atoms with van der Waals surface area (Å²) in [5.41, 5.74) is 1.85. The molecule has 6 heteroatoms. The number of phenols is 1. The third kappa shape index (κ3) is 5.98. The summed E-state index contributed by atoms with van der Waals surface area (Å²) < 4.78 is 0. The first-order valence-electron chi connectivity index (χ1n) is 6.49. The van der Waals surface area contributed by atoms with Crippen molar-refractivity contribution in [3.8, 4) is 5.75 Å². The molecule has 1 aromatic rings. The first-order chi connectivity index (χ1) is 8.91. The van der Waals surface area contributed by atoms with E-state index in [-0.39, 0.29) is 5.44 Å². The Morgan fingerprint density at radius 2 is 2.11 bits per heavy atom. The van der Waals surface area contributed by atoms with Gasteiger partial charge in [0.05, 0.1) is 0 Å². The van der Waals surface area contributed by atoms with Gasteiger partial charge in [0, 0.05) is 12.1 Å². The average Bonchev–Trinajstić information content (AvgIpc) is 2.33. The van der Waals surface area contributed by atoms with Crippen molar-refractivity contribution >= 4 is 40.4 Å². The van der Waals surface area contributed by atoms with E-state index in [1.165, 1.54) is 5.30 Å². The predicted octanol–water partition coefficient (Wildman–Crippen LogP) is 1.75. The number of benzene rings is 1. The van der Waals surface area contributed by atoms with Gasteiger partial charge in [-0.1, -0.05) is 27.5 Å². The minimum atomic E-state index is -0.146. The summed E-state index contributed by atoms with van der Waals surface area (Å²) in [5.74, 6) is 0.442. The van der Waals surface area contributed by atoms with Gasteiger partial charge in [0.25, 0.3) is 0 Å². The Morgan fingerprint density at radius 3 is 2.68 bits per heavy atom. The quantitative estimate of drug-likeness (QED) is 0.321. The molecule has 0 amide bonds. The lowest BCUT2D eigenvalue weighted by molar-refractivity contribution is 0.393. The van der Waals surface area contributed by atoms with Crippen LogP contribution in [-0.2, 0) is 6.54 Å². The van der Waals surface area contributed by atoms with Crippen LogP contribution in [0.15, 0.2) is 12.1 Å². The minimum absolute atomic E-state index is 0.146. The smallest absolute Gasteiger partial charge is 0.152 e.